The summed E-state index contributed by atoms with van der Waals surface area (Å²) in [5, 5.41) is 9.98. The van der Waals surface area contributed by atoms with Crippen molar-refractivity contribution in [3.63, 3.8) is 0 Å². The Morgan fingerprint density at radius 2 is 2.57 bits per heavy atom. The Balaban J connectivity index is 1.85. The highest BCUT2D eigenvalue weighted by atomic mass is 16.5. The van der Waals surface area contributed by atoms with Gasteiger partial charge in [-0.2, -0.15) is 0 Å². The molecule has 0 aliphatic heterocycles. The lowest BCUT2D eigenvalue weighted by molar-refractivity contribution is -0.163. The van der Waals surface area contributed by atoms with Gasteiger partial charge in [-0.1, -0.05) is 0 Å². The van der Waals surface area contributed by atoms with Gasteiger partial charge in [0.15, 0.2) is 0 Å². The van der Waals surface area contributed by atoms with E-state index in [2.05, 4.69) is 0 Å². The monoisotopic (exact) mass is 195 g/mol. The summed E-state index contributed by atoms with van der Waals surface area (Å²) in [6, 6.07) is 3.78. The molecule has 0 saturated heterocycles. The number of amides is 1. The molecule has 1 N–H and O–H groups in total. The van der Waals surface area contributed by atoms with E-state index in [-0.39, 0.29) is 5.91 Å². The zero-order chi connectivity index (χ0) is 10.1. The van der Waals surface area contributed by atoms with Gasteiger partial charge in [0.05, 0.1) is 12.8 Å². The van der Waals surface area contributed by atoms with Gasteiger partial charge in [-0.05, 0) is 24.5 Å². The van der Waals surface area contributed by atoms with Crippen molar-refractivity contribution in [3.8, 4) is 0 Å². The second kappa shape index (κ2) is 3.46. The van der Waals surface area contributed by atoms with Crippen molar-refractivity contribution in [1.82, 2.24) is 5.06 Å². The molecule has 0 aromatic carbocycles. The Bertz CT molecular complexity index is 320. The van der Waals surface area contributed by atoms with Gasteiger partial charge in [0, 0.05) is 12.8 Å². The van der Waals surface area contributed by atoms with E-state index in [0.29, 0.717) is 18.4 Å². The molecule has 1 heterocycles. The first-order valence-corrected chi connectivity index (χ1v) is 4.69. The molecule has 76 valence electrons. The molecule has 4 heteroatoms. The third-order valence-electron chi connectivity index (χ3n) is 2.60. The molecule has 14 heavy (non-hydrogen) atoms. The van der Waals surface area contributed by atoms with E-state index in [4.69, 9.17) is 4.42 Å². The van der Waals surface area contributed by atoms with Crippen LogP contribution in [0.2, 0.25) is 0 Å². The van der Waals surface area contributed by atoms with E-state index < -0.39 is 0 Å². The van der Waals surface area contributed by atoms with E-state index in [1.165, 1.54) is 6.92 Å². The largest absolute Gasteiger partial charge is 0.469 e. The molecule has 1 fully saturated rings. The van der Waals surface area contributed by atoms with Crippen LogP contribution in [-0.2, 0) is 4.79 Å². The number of nitrogens with zero attached hydrogens (tertiary/aromatic N) is 1. The van der Waals surface area contributed by atoms with Gasteiger partial charge >= 0.3 is 0 Å². The fraction of sp³-hybridized carbons (Fsp3) is 0.500. The molecule has 0 bridgehead atoms. The van der Waals surface area contributed by atoms with E-state index in [9.17, 15) is 10.0 Å². The second-order valence-corrected chi connectivity index (χ2v) is 3.72. The van der Waals surface area contributed by atoms with Gasteiger partial charge in [-0.3, -0.25) is 10.0 Å². The highest BCUT2D eigenvalue weighted by Gasteiger charge is 2.41. The Morgan fingerprint density at radius 3 is 3.14 bits per heavy atom. The molecule has 1 aromatic rings. The molecule has 0 spiro atoms. The van der Waals surface area contributed by atoms with Gasteiger partial charge in [0.25, 0.3) is 0 Å². The van der Waals surface area contributed by atoms with Crippen LogP contribution in [0.15, 0.2) is 22.8 Å². The molecule has 2 rings (SSSR count). The summed E-state index contributed by atoms with van der Waals surface area (Å²) in [5.74, 6) is 1.36. The van der Waals surface area contributed by atoms with E-state index >= 15 is 0 Å². The average molecular weight is 195 g/mol. The topological polar surface area (TPSA) is 53.7 Å². The Labute approximate surface area is 82.1 Å². The molecule has 0 radical (unpaired) electrons. The Hall–Kier alpha value is -1.29. The summed E-state index contributed by atoms with van der Waals surface area (Å²) < 4.78 is 5.24. The van der Waals surface area contributed by atoms with Crippen molar-refractivity contribution in [2.45, 2.75) is 19.3 Å². The number of carbonyl (C=O) groups is 1. The van der Waals surface area contributed by atoms with E-state index in [1.54, 1.807) is 6.26 Å². The molecule has 1 saturated carbocycles. The summed E-state index contributed by atoms with van der Waals surface area (Å²) in [4.78, 5) is 10.8. The van der Waals surface area contributed by atoms with Crippen LogP contribution >= 0.6 is 0 Å². The lowest BCUT2D eigenvalue weighted by Crippen LogP contribution is -2.27. The lowest BCUT2D eigenvalue weighted by Gasteiger charge is -2.11. The standard InChI is InChI=1S/C10H13NO3/c1-7(12)11(13)6-8-5-9(8)10-3-2-4-14-10/h2-4,8-9,13H,5-6H2,1H3. The zero-order valence-corrected chi connectivity index (χ0v) is 8.01. The van der Waals surface area contributed by atoms with Crippen LogP contribution in [0, 0.1) is 5.92 Å². The van der Waals surface area contributed by atoms with Crippen LogP contribution in [0.4, 0.5) is 0 Å². The van der Waals surface area contributed by atoms with Gasteiger partial charge in [0.2, 0.25) is 5.91 Å². The van der Waals surface area contributed by atoms with Crippen LogP contribution in [0.5, 0.6) is 0 Å². The maximum atomic E-state index is 10.8. The Morgan fingerprint density at radius 1 is 1.79 bits per heavy atom. The highest BCUT2D eigenvalue weighted by Crippen LogP contribution is 2.47. The maximum Gasteiger partial charge on any atom is 0.242 e. The van der Waals surface area contributed by atoms with E-state index in [0.717, 1.165) is 17.2 Å². The lowest BCUT2D eigenvalue weighted by atomic mass is 10.2. The maximum absolute atomic E-state index is 10.8. The summed E-state index contributed by atoms with van der Waals surface area (Å²) in [6.07, 6.45) is 2.63. The van der Waals surface area contributed by atoms with Crippen LogP contribution < -0.4 is 0 Å². The van der Waals surface area contributed by atoms with Gasteiger partial charge in [0.1, 0.15) is 5.76 Å². The predicted molar refractivity (Wildman–Crippen MR) is 48.7 cm³/mol. The fourth-order valence-corrected chi connectivity index (χ4v) is 1.65. The van der Waals surface area contributed by atoms with Crippen molar-refractivity contribution in [2.75, 3.05) is 6.54 Å². The van der Waals surface area contributed by atoms with Crippen molar-refractivity contribution < 1.29 is 14.4 Å². The number of carbonyl (C=O) groups excluding carboxylic acids is 1. The molecule has 1 aliphatic carbocycles. The first-order valence-electron chi connectivity index (χ1n) is 4.69. The third kappa shape index (κ3) is 1.80. The number of hydrogen-bond donors (Lipinski definition) is 1. The molecular formula is C10H13NO3. The normalized spacial score (nSPS) is 24.7. The minimum absolute atomic E-state index is 0.310. The fourth-order valence-electron chi connectivity index (χ4n) is 1.65. The smallest absolute Gasteiger partial charge is 0.242 e. The minimum atomic E-state index is -0.310. The molecular weight excluding hydrogens is 182 g/mol. The second-order valence-electron chi connectivity index (χ2n) is 3.72. The Kier molecular flexibility index (Phi) is 2.29. The van der Waals surface area contributed by atoms with Crippen molar-refractivity contribution in [3.05, 3.63) is 24.2 Å². The summed E-state index contributed by atoms with van der Waals surface area (Å²) >= 11 is 0. The van der Waals surface area contributed by atoms with Gasteiger partial charge in [-0.25, -0.2) is 5.06 Å². The minimum Gasteiger partial charge on any atom is -0.469 e. The third-order valence-corrected chi connectivity index (χ3v) is 2.60. The summed E-state index contributed by atoms with van der Waals surface area (Å²) in [6.45, 7) is 1.75. The highest BCUT2D eigenvalue weighted by molar-refractivity contribution is 5.71. The van der Waals surface area contributed by atoms with Gasteiger partial charge < -0.3 is 4.42 Å². The van der Waals surface area contributed by atoms with Crippen LogP contribution in [0.1, 0.15) is 25.0 Å². The first kappa shape index (κ1) is 9.27. The quantitative estimate of drug-likeness (QED) is 0.589. The number of rotatable bonds is 3. The zero-order valence-electron chi connectivity index (χ0n) is 8.01. The van der Waals surface area contributed by atoms with Crippen LogP contribution in [0.25, 0.3) is 0 Å². The predicted octanol–water partition coefficient (Wildman–Crippen LogP) is 1.62. The molecule has 4 nitrogen and oxygen atoms in total. The average Bonchev–Trinajstić information content (AvgIpc) is 2.70. The number of furan rings is 1. The SMILES string of the molecule is CC(=O)N(O)CC1CC1c1ccco1. The first-order chi connectivity index (χ1) is 6.68. The molecule has 2 unspecified atom stereocenters. The van der Waals surface area contributed by atoms with Crippen molar-refractivity contribution in [2.24, 2.45) is 5.92 Å². The van der Waals surface area contributed by atoms with Crippen molar-refractivity contribution in [1.29, 1.82) is 0 Å². The molecule has 2 atom stereocenters. The molecule has 1 aliphatic rings. The molecule has 1 amide bonds. The van der Waals surface area contributed by atoms with E-state index in [1.807, 2.05) is 12.1 Å². The van der Waals surface area contributed by atoms with Crippen LogP contribution in [0.3, 0.4) is 0 Å². The summed E-state index contributed by atoms with van der Waals surface area (Å²) in [7, 11) is 0. The van der Waals surface area contributed by atoms with Crippen molar-refractivity contribution >= 4 is 5.91 Å². The number of hydroxylamine groups is 2. The molecule has 1 aromatic heterocycles. The van der Waals surface area contributed by atoms with Gasteiger partial charge in [-0.15, -0.1) is 0 Å². The van der Waals surface area contributed by atoms with Crippen LogP contribution in [-0.4, -0.2) is 22.7 Å². The summed E-state index contributed by atoms with van der Waals surface area (Å²) in [5.41, 5.74) is 0. The number of hydrogen-bond acceptors (Lipinski definition) is 3.